The fraction of sp³-hybridized carbons (Fsp3) is 0.324. The third-order valence-corrected chi connectivity index (χ3v) is 9.38. The molecule has 1 fully saturated rings. The van der Waals surface area contributed by atoms with Crippen LogP contribution in [0.15, 0.2) is 95.5 Å². The first kappa shape index (κ1) is 30.1. The van der Waals surface area contributed by atoms with Gasteiger partial charge in [0.1, 0.15) is 6.04 Å². The Morgan fingerprint density at radius 1 is 0.886 bits per heavy atom. The first-order chi connectivity index (χ1) is 21.5. The maximum atomic E-state index is 14.2. The fourth-order valence-corrected chi connectivity index (χ4v) is 7.11. The standard InChI is InChI=1S/C37H38BrN3O3/c38-29-16-7-13-27(23-29)25-41(33(24-26-11-3-1-4-12-26)36(43)39-30-17-5-2-6-18-30)34(42)21-10-22-40-32-20-9-15-28-14-8-19-31(35(28)32)37(40)44/h1,3-4,7-9,11-16,19-20,23,30,33H,2,5-6,10,17-18,21-22,24-25H2,(H,39,43)/t33-/m1/s1. The third kappa shape index (κ3) is 6.73. The van der Waals surface area contributed by atoms with E-state index in [-0.39, 0.29) is 30.2 Å². The summed E-state index contributed by atoms with van der Waals surface area (Å²) in [5.41, 5.74) is 3.57. The van der Waals surface area contributed by atoms with Crippen LogP contribution in [0.5, 0.6) is 0 Å². The van der Waals surface area contributed by atoms with Gasteiger partial charge in [-0.15, -0.1) is 0 Å². The van der Waals surface area contributed by atoms with Gasteiger partial charge in [-0.1, -0.05) is 102 Å². The molecule has 4 aromatic rings. The van der Waals surface area contributed by atoms with Crippen LogP contribution in [0.3, 0.4) is 0 Å². The summed E-state index contributed by atoms with van der Waals surface area (Å²) in [5.74, 6) is -0.211. The van der Waals surface area contributed by atoms with Crippen molar-refractivity contribution in [1.82, 2.24) is 10.2 Å². The summed E-state index contributed by atoms with van der Waals surface area (Å²) in [6.07, 6.45) is 6.53. The number of nitrogens with one attached hydrogen (secondary N) is 1. The van der Waals surface area contributed by atoms with Gasteiger partial charge in [0.15, 0.2) is 0 Å². The number of anilines is 1. The van der Waals surface area contributed by atoms with Gasteiger partial charge in [-0.25, -0.2) is 0 Å². The molecule has 6 nitrogen and oxygen atoms in total. The molecule has 6 rings (SSSR count). The number of hydrogen-bond donors (Lipinski definition) is 1. The summed E-state index contributed by atoms with van der Waals surface area (Å²) in [7, 11) is 0. The summed E-state index contributed by atoms with van der Waals surface area (Å²) in [4.78, 5) is 45.0. The van der Waals surface area contributed by atoms with Gasteiger partial charge in [-0.05, 0) is 60.0 Å². The second-order valence-corrected chi connectivity index (χ2v) is 12.9. The van der Waals surface area contributed by atoms with Crippen LogP contribution in [-0.2, 0) is 22.6 Å². The minimum Gasteiger partial charge on any atom is -0.352 e. The molecule has 7 heteroatoms. The highest BCUT2D eigenvalue weighted by Crippen LogP contribution is 2.37. The Hall–Kier alpha value is -3.97. The zero-order valence-corrected chi connectivity index (χ0v) is 26.5. The Morgan fingerprint density at radius 3 is 2.39 bits per heavy atom. The zero-order valence-electron chi connectivity index (χ0n) is 24.9. The second-order valence-electron chi connectivity index (χ2n) is 11.9. The highest BCUT2D eigenvalue weighted by molar-refractivity contribution is 9.10. The summed E-state index contributed by atoms with van der Waals surface area (Å²) < 4.78 is 0.926. The van der Waals surface area contributed by atoms with Gasteiger partial charge in [0.25, 0.3) is 5.91 Å². The van der Waals surface area contributed by atoms with E-state index in [0.29, 0.717) is 31.5 Å². The van der Waals surface area contributed by atoms with Crippen molar-refractivity contribution in [3.8, 4) is 0 Å². The Bertz CT molecular complexity index is 1650. The van der Waals surface area contributed by atoms with Crippen molar-refractivity contribution in [2.45, 2.75) is 70.0 Å². The molecule has 3 amide bonds. The number of benzene rings is 4. The van der Waals surface area contributed by atoms with Crippen LogP contribution in [0.25, 0.3) is 10.8 Å². The first-order valence-electron chi connectivity index (χ1n) is 15.7. The van der Waals surface area contributed by atoms with Crippen LogP contribution in [0, 0.1) is 0 Å². The minimum atomic E-state index is -0.655. The summed E-state index contributed by atoms with van der Waals surface area (Å²) in [6.45, 7) is 0.752. The first-order valence-corrected chi connectivity index (χ1v) is 16.5. The van der Waals surface area contributed by atoms with Gasteiger partial charge in [-0.3, -0.25) is 14.4 Å². The fourth-order valence-electron chi connectivity index (χ4n) is 6.66. The lowest BCUT2D eigenvalue weighted by molar-refractivity contribution is -0.141. The summed E-state index contributed by atoms with van der Waals surface area (Å²) in [5, 5.41) is 5.32. The number of carbonyl (C=O) groups is 3. The van der Waals surface area contributed by atoms with Gasteiger partial charge >= 0.3 is 0 Å². The molecule has 0 aromatic heterocycles. The van der Waals surface area contributed by atoms with Gasteiger partial charge in [0, 0.05) is 47.4 Å². The minimum absolute atomic E-state index is 0.0240. The highest BCUT2D eigenvalue weighted by Gasteiger charge is 2.33. The van der Waals surface area contributed by atoms with Crippen molar-refractivity contribution >= 4 is 50.1 Å². The van der Waals surface area contributed by atoms with Crippen molar-refractivity contribution in [3.05, 3.63) is 112 Å². The molecule has 0 spiro atoms. The van der Waals surface area contributed by atoms with E-state index in [0.717, 1.165) is 57.7 Å². The largest absolute Gasteiger partial charge is 0.352 e. The smallest absolute Gasteiger partial charge is 0.258 e. The van der Waals surface area contributed by atoms with Gasteiger partial charge in [0.05, 0.1) is 5.69 Å². The molecule has 1 atom stereocenters. The second kappa shape index (κ2) is 13.8. The van der Waals surface area contributed by atoms with Crippen molar-refractivity contribution in [2.75, 3.05) is 11.4 Å². The van der Waals surface area contributed by atoms with Gasteiger partial charge in [0.2, 0.25) is 11.8 Å². The van der Waals surface area contributed by atoms with Crippen LogP contribution < -0.4 is 10.2 Å². The van der Waals surface area contributed by atoms with E-state index in [2.05, 4.69) is 21.2 Å². The molecule has 4 aromatic carbocycles. The third-order valence-electron chi connectivity index (χ3n) is 8.89. The topological polar surface area (TPSA) is 69.7 Å². The van der Waals surface area contributed by atoms with Crippen LogP contribution in [-0.4, -0.2) is 41.2 Å². The Kier molecular flexibility index (Phi) is 9.41. The predicted molar refractivity (Wildman–Crippen MR) is 179 cm³/mol. The summed E-state index contributed by atoms with van der Waals surface area (Å²) >= 11 is 3.56. The lowest BCUT2D eigenvalue weighted by Crippen LogP contribution is -2.52. The molecule has 0 unspecified atom stereocenters. The zero-order chi connectivity index (χ0) is 30.5. The number of amides is 3. The quantitative estimate of drug-likeness (QED) is 0.183. The van der Waals surface area contributed by atoms with Crippen molar-refractivity contribution in [1.29, 1.82) is 0 Å². The monoisotopic (exact) mass is 651 g/mol. The van der Waals surface area contributed by atoms with Crippen LogP contribution in [0.2, 0.25) is 0 Å². The Morgan fingerprint density at radius 2 is 1.61 bits per heavy atom. The normalized spacial score (nSPS) is 15.4. The molecule has 2 aliphatic rings. The lowest BCUT2D eigenvalue weighted by Gasteiger charge is -2.33. The molecule has 1 heterocycles. The van der Waals surface area contributed by atoms with E-state index in [4.69, 9.17) is 0 Å². The Balaban J connectivity index is 1.23. The summed E-state index contributed by atoms with van der Waals surface area (Å²) in [6, 6.07) is 29.1. The van der Waals surface area contributed by atoms with Crippen LogP contribution in [0.4, 0.5) is 5.69 Å². The van der Waals surface area contributed by atoms with E-state index in [1.165, 1.54) is 6.42 Å². The highest BCUT2D eigenvalue weighted by atomic mass is 79.9. The molecule has 44 heavy (non-hydrogen) atoms. The Labute approximate surface area is 267 Å². The van der Waals surface area contributed by atoms with Gasteiger partial charge in [-0.2, -0.15) is 0 Å². The number of halogens is 1. The van der Waals surface area contributed by atoms with E-state index < -0.39 is 6.04 Å². The number of hydrogen-bond acceptors (Lipinski definition) is 3. The lowest BCUT2D eigenvalue weighted by atomic mass is 9.94. The molecule has 1 aliphatic heterocycles. The van der Waals surface area contributed by atoms with Gasteiger partial charge < -0.3 is 15.1 Å². The van der Waals surface area contributed by atoms with E-state index >= 15 is 0 Å². The maximum Gasteiger partial charge on any atom is 0.258 e. The van der Waals surface area contributed by atoms with Crippen molar-refractivity contribution < 1.29 is 14.4 Å². The van der Waals surface area contributed by atoms with Crippen molar-refractivity contribution in [2.24, 2.45) is 0 Å². The molecular formula is C37H38BrN3O3. The average molecular weight is 653 g/mol. The SMILES string of the molecule is O=C(NC1CCCCC1)[C@@H](Cc1ccccc1)N(Cc1cccc(Br)c1)C(=O)CCCN1C(=O)c2cccc3cccc1c23. The maximum absolute atomic E-state index is 14.2. The van der Waals surface area contributed by atoms with E-state index in [1.807, 2.05) is 91.0 Å². The molecule has 226 valence electrons. The van der Waals surface area contributed by atoms with E-state index in [9.17, 15) is 14.4 Å². The molecule has 1 N–H and O–H groups in total. The molecule has 0 bridgehead atoms. The molecular weight excluding hydrogens is 614 g/mol. The predicted octanol–water partition coefficient (Wildman–Crippen LogP) is 7.43. The number of rotatable bonds is 11. The van der Waals surface area contributed by atoms with Crippen LogP contribution in [0.1, 0.15) is 66.4 Å². The van der Waals surface area contributed by atoms with E-state index in [1.54, 1.807) is 9.80 Å². The molecule has 0 saturated heterocycles. The average Bonchev–Trinajstić information content (AvgIpc) is 3.31. The molecule has 1 saturated carbocycles. The number of nitrogens with zero attached hydrogens (tertiary/aromatic N) is 2. The van der Waals surface area contributed by atoms with Crippen LogP contribution >= 0.6 is 15.9 Å². The van der Waals surface area contributed by atoms with Crippen molar-refractivity contribution in [3.63, 3.8) is 0 Å². The molecule has 0 radical (unpaired) electrons. The number of carbonyl (C=O) groups excluding carboxylic acids is 3. The molecule has 1 aliphatic carbocycles.